The molecule has 3 heteroatoms. The molecule has 86 valence electrons. The molecule has 1 aromatic rings. The SMILES string of the molecule is CC(C)(C)OCC(O)CCc1ccsc1. The highest BCUT2D eigenvalue weighted by molar-refractivity contribution is 7.07. The molecule has 0 aromatic carbocycles. The Morgan fingerprint density at radius 3 is 2.73 bits per heavy atom. The van der Waals surface area contributed by atoms with Crippen molar-refractivity contribution in [3.63, 3.8) is 0 Å². The van der Waals surface area contributed by atoms with Crippen LogP contribution in [0.15, 0.2) is 16.8 Å². The minimum Gasteiger partial charge on any atom is -0.391 e. The topological polar surface area (TPSA) is 29.5 Å². The molecule has 2 nitrogen and oxygen atoms in total. The molecule has 0 saturated heterocycles. The molecule has 0 aliphatic rings. The third-order valence-electron chi connectivity index (χ3n) is 2.06. The highest BCUT2D eigenvalue weighted by Gasteiger charge is 2.13. The molecule has 0 amide bonds. The summed E-state index contributed by atoms with van der Waals surface area (Å²) in [5, 5.41) is 13.9. The fourth-order valence-corrected chi connectivity index (χ4v) is 1.90. The summed E-state index contributed by atoms with van der Waals surface area (Å²) in [5.41, 5.74) is 1.14. The summed E-state index contributed by atoms with van der Waals surface area (Å²) in [6.45, 7) is 6.42. The lowest BCUT2D eigenvalue weighted by atomic mass is 10.1. The Bertz CT molecular complexity index is 262. The first-order valence-corrected chi connectivity index (χ1v) is 6.25. The molecule has 0 radical (unpaired) electrons. The van der Waals surface area contributed by atoms with Crippen molar-refractivity contribution in [2.24, 2.45) is 0 Å². The van der Waals surface area contributed by atoms with Gasteiger partial charge >= 0.3 is 0 Å². The maximum atomic E-state index is 9.69. The normalized spacial score (nSPS) is 14.1. The van der Waals surface area contributed by atoms with Crippen molar-refractivity contribution in [1.82, 2.24) is 0 Å². The second-order valence-electron chi connectivity index (χ2n) is 4.75. The van der Waals surface area contributed by atoms with Crippen LogP contribution in [0.2, 0.25) is 0 Å². The number of aliphatic hydroxyl groups is 1. The Hall–Kier alpha value is -0.380. The van der Waals surface area contributed by atoms with Gasteiger partial charge in [0.1, 0.15) is 0 Å². The van der Waals surface area contributed by atoms with Crippen molar-refractivity contribution in [2.45, 2.75) is 45.3 Å². The summed E-state index contributed by atoms with van der Waals surface area (Å²) >= 11 is 1.70. The summed E-state index contributed by atoms with van der Waals surface area (Å²) in [5.74, 6) is 0. The van der Waals surface area contributed by atoms with Crippen LogP contribution in [0.5, 0.6) is 0 Å². The third kappa shape index (κ3) is 5.92. The fraction of sp³-hybridized carbons (Fsp3) is 0.667. The van der Waals surface area contributed by atoms with E-state index in [1.165, 1.54) is 5.56 Å². The van der Waals surface area contributed by atoms with Gasteiger partial charge in [0, 0.05) is 0 Å². The van der Waals surface area contributed by atoms with E-state index in [0.717, 1.165) is 12.8 Å². The van der Waals surface area contributed by atoms with Gasteiger partial charge in [-0.15, -0.1) is 0 Å². The van der Waals surface area contributed by atoms with E-state index in [1.54, 1.807) is 11.3 Å². The number of aryl methyl sites for hydroxylation is 1. The van der Waals surface area contributed by atoms with E-state index in [-0.39, 0.29) is 11.7 Å². The maximum Gasteiger partial charge on any atom is 0.0777 e. The van der Waals surface area contributed by atoms with Crippen LogP contribution >= 0.6 is 11.3 Å². The summed E-state index contributed by atoms with van der Waals surface area (Å²) < 4.78 is 5.51. The van der Waals surface area contributed by atoms with Crippen molar-refractivity contribution in [3.05, 3.63) is 22.4 Å². The van der Waals surface area contributed by atoms with Gasteiger partial charge in [-0.05, 0) is 56.0 Å². The van der Waals surface area contributed by atoms with E-state index in [4.69, 9.17) is 4.74 Å². The second kappa shape index (κ2) is 5.64. The van der Waals surface area contributed by atoms with Crippen LogP contribution in [0.4, 0.5) is 0 Å². The molecular formula is C12H20O2S. The maximum absolute atomic E-state index is 9.69. The largest absolute Gasteiger partial charge is 0.391 e. The van der Waals surface area contributed by atoms with Gasteiger partial charge in [-0.25, -0.2) is 0 Å². The number of thiophene rings is 1. The van der Waals surface area contributed by atoms with Gasteiger partial charge in [-0.2, -0.15) is 11.3 Å². The zero-order valence-electron chi connectivity index (χ0n) is 9.69. The Balaban J connectivity index is 2.16. The van der Waals surface area contributed by atoms with Gasteiger partial charge < -0.3 is 9.84 Å². The van der Waals surface area contributed by atoms with Crippen molar-refractivity contribution < 1.29 is 9.84 Å². The van der Waals surface area contributed by atoms with E-state index in [9.17, 15) is 5.11 Å². The zero-order chi connectivity index (χ0) is 11.3. The van der Waals surface area contributed by atoms with E-state index in [0.29, 0.717) is 6.61 Å². The molecular weight excluding hydrogens is 208 g/mol. The molecule has 1 unspecified atom stereocenters. The molecule has 0 spiro atoms. The second-order valence-corrected chi connectivity index (χ2v) is 5.53. The van der Waals surface area contributed by atoms with Crippen LogP contribution in [0.1, 0.15) is 32.8 Å². The van der Waals surface area contributed by atoms with Crippen molar-refractivity contribution in [3.8, 4) is 0 Å². The molecule has 1 heterocycles. The van der Waals surface area contributed by atoms with Crippen LogP contribution in [0, 0.1) is 0 Å². The minimum atomic E-state index is -0.357. The molecule has 0 fully saturated rings. The molecule has 1 N–H and O–H groups in total. The van der Waals surface area contributed by atoms with Crippen LogP contribution in [-0.4, -0.2) is 23.4 Å². The lowest BCUT2D eigenvalue weighted by Gasteiger charge is -2.21. The van der Waals surface area contributed by atoms with E-state index in [2.05, 4.69) is 16.8 Å². The number of hydrogen-bond donors (Lipinski definition) is 1. The number of aliphatic hydroxyl groups excluding tert-OH is 1. The average molecular weight is 228 g/mol. The van der Waals surface area contributed by atoms with Gasteiger partial charge in [0.2, 0.25) is 0 Å². The summed E-state index contributed by atoms with van der Waals surface area (Å²) in [7, 11) is 0. The Kier molecular flexibility index (Phi) is 4.77. The summed E-state index contributed by atoms with van der Waals surface area (Å²) in [6, 6.07) is 2.10. The highest BCUT2D eigenvalue weighted by atomic mass is 32.1. The zero-order valence-corrected chi connectivity index (χ0v) is 10.5. The van der Waals surface area contributed by atoms with Crippen LogP contribution in [-0.2, 0) is 11.2 Å². The molecule has 0 saturated carbocycles. The van der Waals surface area contributed by atoms with Gasteiger partial charge in [0.15, 0.2) is 0 Å². The first-order chi connectivity index (χ1) is 6.97. The fourth-order valence-electron chi connectivity index (χ4n) is 1.20. The van der Waals surface area contributed by atoms with Crippen molar-refractivity contribution >= 4 is 11.3 Å². The van der Waals surface area contributed by atoms with Gasteiger partial charge in [-0.3, -0.25) is 0 Å². The van der Waals surface area contributed by atoms with Crippen molar-refractivity contribution in [2.75, 3.05) is 6.61 Å². The van der Waals surface area contributed by atoms with Crippen LogP contribution < -0.4 is 0 Å². The van der Waals surface area contributed by atoms with Gasteiger partial charge in [0.05, 0.1) is 18.3 Å². The number of ether oxygens (including phenoxy) is 1. The Morgan fingerprint density at radius 1 is 1.47 bits per heavy atom. The summed E-state index contributed by atoms with van der Waals surface area (Å²) in [6.07, 6.45) is 1.34. The molecule has 15 heavy (non-hydrogen) atoms. The number of hydrogen-bond acceptors (Lipinski definition) is 3. The third-order valence-corrected chi connectivity index (χ3v) is 2.79. The van der Waals surface area contributed by atoms with Gasteiger partial charge in [-0.1, -0.05) is 0 Å². The van der Waals surface area contributed by atoms with Crippen LogP contribution in [0.25, 0.3) is 0 Å². The van der Waals surface area contributed by atoms with E-state index in [1.807, 2.05) is 20.8 Å². The average Bonchev–Trinajstić information content (AvgIpc) is 2.62. The van der Waals surface area contributed by atoms with Gasteiger partial charge in [0.25, 0.3) is 0 Å². The highest BCUT2D eigenvalue weighted by Crippen LogP contribution is 2.12. The molecule has 1 rings (SSSR count). The quantitative estimate of drug-likeness (QED) is 0.839. The van der Waals surface area contributed by atoms with E-state index < -0.39 is 0 Å². The molecule has 0 bridgehead atoms. The lowest BCUT2D eigenvalue weighted by molar-refractivity contribution is -0.0502. The molecule has 1 aromatic heterocycles. The Labute approximate surface area is 95.9 Å². The standard InChI is InChI=1S/C12H20O2S/c1-12(2,3)14-8-11(13)5-4-10-6-7-15-9-10/h6-7,9,11,13H,4-5,8H2,1-3H3. The van der Waals surface area contributed by atoms with E-state index >= 15 is 0 Å². The molecule has 1 atom stereocenters. The van der Waals surface area contributed by atoms with Crippen molar-refractivity contribution in [1.29, 1.82) is 0 Å². The smallest absolute Gasteiger partial charge is 0.0777 e. The lowest BCUT2D eigenvalue weighted by Crippen LogP contribution is -2.26. The Morgan fingerprint density at radius 2 is 2.20 bits per heavy atom. The van der Waals surface area contributed by atoms with Crippen LogP contribution in [0.3, 0.4) is 0 Å². The first-order valence-electron chi connectivity index (χ1n) is 5.30. The molecule has 0 aliphatic carbocycles. The minimum absolute atomic E-state index is 0.163. The predicted molar refractivity (Wildman–Crippen MR) is 64.4 cm³/mol. The summed E-state index contributed by atoms with van der Waals surface area (Å²) in [4.78, 5) is 0. The predicted octanol–water partition coefficient (Wildman–Crippen LogP) is 2.86. The number of rotatable bonds is 5. The molecule has 0 aliphatic heterocycles. The monoisotopic (exact) mass is 228 g/mol. The first kappa shape index (κ1) is 12.7.